The van der Waals surface area contributed by atoms with Crippen molar-refractivity contribution in [3.8, 4) is 0 Å². The number of halogens is 1. The highest BCUT2D eigenvalue weighted by atomic mass is 79.9. The van der Waals surface area contributed by atoms with E-state index >= 15 is 0 Å². The molecular weight excluding hydrogens is 400 g/mol. The van der Waals surface area contributed by atoms with E-state index < -0.39 is 6.04 Å². The van der Waals surface area contributed by atoms with Crippen LogP contribution in [0.2, 0.25) is 0 Å². The summed E-state index contributed by atoms with van der Waals surface area (Å²) in [6, 6.07) is 3.07. The lowest BCUT2D eigenvalue weighted by Gasteiger charge is -2.28. The topological polar surface area (TPSA) is 52.0 Å². The Morgan fingerprint density at radius 2 is 2.12 bits per heavy atom. The fraction of sp³-hybridized carbons (Fsp3) is 0.526. The summed E-state index contributed by atoms with van der Waals surface area (Å²) in [5.41, 5.74) is 0.716. The molecule has 0 bridgehead atoms. The minimum atomic E-state index is -0.396. The maximum Gasteiger partial charge on any atom is 0.252 e. The molecule has 2 aromatic rings. The monoisotopic (exact) mass is 422 g/mol. The van der Waals surface area contributed by atoms with E-state index in [1.54, 1.807) is 16.8 Å². The Kier molecular flexibility index (Phi) is 6.23. The van der Waals surface area contributed by atoms with Gasteiger partial charge in [-0.2, -0.15) is 0 Å². The van der Waals surface area contributed by atoms with Crippen molar-refractivity contribution < 1.29 is 4.79 Å². The van der Waals surface area contributed by atoms with E-state index in [0.29, 0.717) is 12.3 Å². The molecule has 2 aromatic heterocycles. The first-order chi connectivity index (χ1) is 12.0. The fourth-order valence-electron chi connectivity index (χ4n) is 3.80. The molecule has 4 nitrogen and oxygen atoms in total. The molecule has 2 heterocycles. The number of Topliss-reactive ketones (excluding diaryl/α,β-unsaturated/α-hetero) is 1. The Balaban J connectivity index is 1.90. The molecule has 6 heteroatoms. The second-order valence-electron chi connectivity index (χ2n) is 6.85. The molecule has 0 saturated heterocycles. The van der Waals surface area contributed by atoms with Crippen molar-refractivity contribution in [2.24, 2.45) is 5.92 Å². The second kappa shape index (κ2) is 8.41. The van der Waals surface area contributed by atoms with Gasteiger partial charge in [0, 0.05) is 27.8 Å². The van der Waals surface area contributed by atoms with Gasteiger partial charge in [-0.25, -0.2) is 4.98 Å². The molecule has 25 heavy (non-hydrogen) atoms. The maximum atomic E-state index is 13.1. The number of hydrogen-bond acceptors (Lipinski definition) is 4. The van der Waals surface area contributed by atoms with Gasteiger partial charge in [-0.1, -0.05) is 48.0 Å². The van der Waals surface area contributed by atoms with Gasteiger partial charge in [0.1, 0.15) is 0 Å². The minimum absolute atomic E-state index is 0.0908. The molecule has 0 aromatic carbocycles. The van der Waals surface area contributed by atoms with Gasteiger partial charge in [0.25, 0.3) is 5.56 Å². The molecule has 1 fully saturated rings. The summed E-state index contributed by atoms with van der Waals surface area (Å²) in [5.74, 6) is 0.613. The molecule has 1 unspecified atom stereocenters. The van der Waals surface area contributed by atoms with Gasteiger partial charge >= 0.3 is 0 Å². The van der Waals surface area contributed by atoms with Gasteiger partial charge in [-0.05, 0) is 25.3 Å². The van der Waals surface area contributed by atoms with Crippen LogP contribution in [0.1, 0.15) is 55.3 Å². The highest BCUT2D eigenvalue weighted by Gasteiger charge is 2.28. The molecule has 1 atom stereocenters. The Hall–Kier alpha value is -1.27. The normalized spacial score (nSPS) is 16.7. The van der Waals surface area contributed by atoms with Crippen molar-refractivity contribution in [1.29, 1.82) is 0 Å². The molecule has 1 aliphatic rings. The Bertz CT molecular complexity index is 779. The van der Waals surface area contributed by atoms with Gasteiger partial charge in [0.15, 0.2) is 5.78 Å². The van der Waals surface area contributed by atoms with E-state index in [1.165, 1.54) is 30.6 Å². The van der Waals surface area contributed by atoms with Crippen molar-refractivity contribution in [3.05, 3.63) is 49.2 Å². The summed E-state index contributed by atoms with van der Waals surface area (Å²) in [5, 5.41) is 2.71. The number of aromatic nitrogens is 2. The zero-order chi connectivity index (χ0) is 17.8. The second-order valence-corrected chi connectivity index (χ2v) is 8.74. The number of carbonyl (C=O) groups excluding carboxylic acids is 1. The standard InChI is InChI=1S/C19H23BrN2O2S/c1-13-9-15(20)11-19(24)22(13)16(10-14-5-3-2-4-6-14)17(23)12-18-21-7-8-25-18/h7-9,11,14,16H,2-6,10,12H2,1H3. The highest BCUT2D eigenvalue weighted by Crippen LogP contribution is 2.32. The third-order valence-corrected chi connectivity index (χ3v) is 6.24. The first-order valence-corrected chi connectivity index (χ1v) is 10.5. The third-order valence-electron chi connectivity index (χ3n) is 5.00. The van der Waals surface area contributed by atoms with Crippen LogP contribution >= 0.6 is 27.3 Å². The van der Waals surface area contributed by atoms with E-state index in [1.807, 2.05) is 18.4 Å². The summed E-state index contributed by atoms with van der Waals surface area (Å²) >= 11 is 4.87. The number of hydrogen-bond donors (Lipinski definition) is 0. The fourth-order valence-corrected chi connectivity index (χ4v) is 4.95. The number of nitrogens with zero attached hydrogens (tertiary/aromatic N) is 2. The molecule has 1 saturated carbocycles. The van der Waals surface area contributed by atoms with Crippen molar-refractivity contribution >= 4 is 33.0 Å². The van der Waals surface area contributed by atoms with Crippen molar-refractivity contribution in [2.75, 3.05) is 0 Å². The average molecular weight is 423 g/mol. The number of pyridine rings is 1. The summed E-state index contributed by atoms with van der Waals surface area (Å²) in [6.45, 7) is 1.90. The van der Waals surface area contributed by atoms with Crippen LogP contribution in [0, 0.1) is 12.8 Å². The highest BCUT2D eigenvalue weighted by molar-refractivity contribution is 9.10. The van der Waals surface area contributed by atoms with Crippen LogP contribution in [0.5, 0.6) is 0 Å². The van der Waals surface area contributed by atoms with Crippen LogP contribution in [0.25, 0.3) is 0 Å². The van der Waals surface area contributed by atoms with Crippen LogP contribution in [-0.4, -0.2) is 15.3 Å². The summed E-state index contributed by atoms with van der Waals surface area (Å²) in [6.07, 6.45) is 8.84. The molecule has 134 valence electrons. The number of carbonyl (C=O) groups is 1. The molecular formula is C19H23BrN2O2S. The first kappa shape index (κ1) is 18.5. The zero-order valence-corrected chi connectivity index (χ0v) is 16.8. The lowest BCUT2D eigenvalue weighted by molar-refractivity contribution is -0.122. The molecule has 0 N–H and O–H groups in total. The largest absolute Gasteiger partial charge is 0.302 e. The first-order valence-electron chi connectivity index (χ1n) is 8.84. The SMILES string of the molecule is Cc1cc(Br)cc(=O)n1C(CC1CCCCC1)C(=O)Cc1nccs1. The predicted octanol–water partition coefficient (Wildman–Crippen LogP) is 4.70. The van der Waals surface area contributed by atoms with Gasteiger partial charge in [-0.15, -0.1) is 11.3 Å². The molecule has 0 aliphatic heterocycles. The number of ketones is 1. The third kappa shape index (κ3) is 4.67. The van der Waals surface area contributed by atoms with E-state index in [-0.39, 0.29) is 11.3 Å². The Morgan fingerprint density at radius 3 is 2.76 bits per heavy atom. The van der Waals surface area contributed by atoms with Crippen LogP contribution in [-0.2, 0) is 11.2 Å². The average Bonchev–Trinajstić information content (AvgIpc) is 3.07. The number of thiazole rings is 1. The van der Waals surface area contributed by atoms with E-state index in [9.17, 15) is 9.59 Å². The smallest absolute Gasteiger partial charge is 0.252 e. The molecule has 1 aliphatic carbocycles. The van der Waals surface area contributed by atoms with Gasteiger partial charge in [0.05, 0.1) is 17.5 Å². The van der Waals surface area contributed by atoms with Crippen molar-refractivity contribution in [1.82, 2.24) is 9.55 Å². The number of aryl methyl sites for hydroxylation is 1. The maximum absolute atomic E-state index is 13.1. The van der Waals surface area contributed by atoms with Gasteiger partial charge in [-0.3, -0.25) is 9.59 Å². The predicted molar refractivity (Wildman–Crippen MR) is 104 cm³/mol. The van der Waals surface area contributed by atoms with Gasteiger partial charge < -0.3 is 4.57 Å². The van der Waals surface area contributed by atoms with Crippen molar-refractivity contribution in [2.45, 2.75) is 57.9 Å². The summed E-state index contributed by atoms with van der Waals surface area (Å²) < 4.78 is 2.45. The van der Waals surface area contributed by atoms with Crippen LogP contribution in [0.15, 0.2) is 33.0 Å². The number of rotatable bonds is 6. The zero-order valence-electron chi connectivity index (χ0n) is 14.4. The van der Waals surface area contributed by atoms with Crippen LogP contribution < -0.4 is 5.56 Å². The van der Waals surface area contributed by atoms with Crippen LogP contribution in [0.4, 0.5) is 0 Å². The van der Waals surface area contributed by atoms with E-state index in [2.05, 4.69) is 20.9 Å². The molecule has 0 spiro atoms. The van der Waals surface area contributed by atoms with Crippen LogP contribution in [0.3, 0.4) is 0 Å². The Labute approximate surface area is 160 Å². The van der Waals surface area contributed by atoms with E-state index in [4.69, 9.17) is 0 Å². The van der Waals surface area contributed by atoms with E-state index in [0.717, 1.165) is 34.4 Å². The summed E-state index contributed by atoms with van der Waals surface area (Å²) in [7, 11) is 0. The summed E-state index contributed by atoms with van der Waals surface area (Å²) in [4.78, 5) is 29.9. The molecule has 3 rings (SSSR count). The van der Waals surface area contributed by atoms with Gasteiger partial charge in [0.2, 0.25) is 0 Å². The molecule has 0 amide bonds. The minimum Gasteiger partial charge on any atom is -0.302 e. The Morgan fingerprint density at radius 1 is 1.36 bits per heavy atom. The lowest BCUT2D eigenvalue weighted by atomic mass is 9.83. The lowest BCUT2D eigenvalue weighted by Crippen LogP contribution is -2.33. The van der Waals surface area contributed by atoms with Crippen molar-refractivity contribution in [3.63, 3.8) is 0 Å². The quantitative estimate of drug-likeness (QED) is 0.677. The molecule has 0 radical (unpaired) electrons.